The molecule has 128 valence electrons. The predicted molar refractivity (Wildman–Crippen MR) is 93.7 cm³/mol. The number of carbonyl (C=O) groups is 1. The number of nitrogens with zero attached hydrogens (tertiary/aromatic N) is 2. The topological polar surface area (TPSA) is 68.0 Å². The van der Waals surface area contributed by atoms with Crippen molar-refractivity contribution in [2.24, 2.45) is 0 Å². The molecule has 0 radical (unpaired) electrons. The number of rotatable bonds is 4. The number of aromatic nitrogens is 2. The van der Waals surface area contributed by atoms with E-state index < -0.39 is 11.7 Å². The number of hydrogen-bond acceptors (Lipinski definition) is 5. The van der Waals surface area contributed by atoms with Crippen molar-refractivity contribution in [3.8, 4) is 10.8 Å². The van der Waals surface area contributed by atoms with Crippen molar-refractivity contribution >= 4 is 34.5 Å². The summed E-state index contributed by atoms with van der Waals surface area (Å²) in [4.78, 5) is 14.0. The minimum absolute atomic E-state index is 0.103. The van der Waals surface area contributed by atoms with Crippen LogP contribution >= 0.6 is 22.9 Å². The Morgan fingerprint density at radius 3 is 2.92 bits per heavy atom. The highest BCUT2D eigenvalue weighted by Crippen LogP contribution is 2.41. The van der Waals surface area contributed by atoms with Gasteiger partial charge in [0.15, 0.2) is 0 Å². The molecule has 0 unspecified atom stereocenters. The van der Waals surface area contributed by atoms with Crippen LogP contribution < -0.4 is 5.32 Å². The van der Waals surface area contributed by atoms with Gasteiger partial charge in [-0.1, -0.05) is 11.6 Å². The van der Waals surface area contributed by atoms with E-state index in [9.17, 15) is 9.18 Å². The lowest BCUT2D eigenvalue weighted by atomic mass is 10.2. The predicted octanol–water partition coefficient (Wildman–Crippen LogP) is 5.03. The van der Waals surface area contributed by atoms with Crippen LogP contribution in [0.15, 0.2) is 28.7 Å². The monoisotopic (exact) mass is 377 g/mol. The van der Waals surface area contributed by atoms with Crippen molar-refractivity contribution in [2.45, 2.75) is 25.7 Å². The van der Waals surface area contributed by atoms with Crippen LogP contribution in [0.2, 0.25) is 5.02 Å². The summed E-state index contributed by atoms with van der Waals surface area (Å²) in [7, 11) is 0. The Kier molecular flexibility index (Phi) is 4.05. The highest BCUT2D eigenvalue weighted by molar-refractivity contribution is 7.15. The third kappa shape index (κ3) is 3.29. The molecule has 1 aliphatic carbocycles. The molecule has 25 heavy (non-hydrogen) atoms. The summed E-state index contributed by atoms with van der Waals surface area (Å²) in [5, 5.41) is 11.1. The van der Waals surface area contributed by atoms with Crippen LogP contribution in [-0.2, 0) is 0 Å². The smallest absolute Gasteiger partial charge is 0.258 e. The number of carbonyl (C=O) groups excluding carboxylic acids is 1. The van der Waals surface area contributed by atoms with E-state index in [1.165, 1.54) is 29.5 Å². The Morgan fingerprint density at radius 2 is 2.16 bits per heavy atom. The molecule has 0 spiro atoms. The molecule has 0 atom stereocenters. The number of amides is 1. The molecule has 1 amide bonds. The second-order valence-electron chi connectivity index (χ2n) is 5.88. The molecule has 1 fully saturated rings. The van der Waals surface area contributed by atoms with Crippen molar-refractivity contribution in [3.05, 3.63) is 51.4 Å². The molecule has 0 bridgehead atoms. The maximum absolute atomic E-state index is 13.8. The summed E-state index contributed by atoms with van der Waals surface area (Å²) in [6.07, 6.45) is 2.16. The van der Waals surface area contributed by atoms with Gasteiger partial charge in [0.05, 0.1) is 16.1 Å². The lowest BCUT2D eigenvalue weighted by molar-refractivity contribution is 0.102. The zero-order valence-electron chi connectivity index (χ0n) is 13.2. The van der Waals surface area contributed by atoms with Crippen LogP contribution in [0.25, 0.3) is 10.8 Å². The van der Waals surface area contributed by atoms with E-state index in [-0.39, 0.29) is 5.56 Å². The molecule has 1 N–H and O–H groups in total. The Balaban J connectivity index is 1.57. The molecular weight excluding hydrogens is 365 g/mol. The first-order valence-electron chi connectivity index (χ1n) is 7.72. The van der Waals surface area contributed by atoms with Crippen molar-refractivity contribution in [2.75, 3.05) is 5.32 Å². The minimum atomic E-state index is -0.624. The number of halogens is 2. The van der Waals surface area contributed by atoms with Crippen LogP contribution in [0.3, 0.4) is 0 Å². The quantitative estimate of drug-likeness (QED) is 0.692. The van der Waals surface area contributed by atoms with Gasteiger partial charge in [0.2, 0.25) is 5.89 Å². The third-order valence-corrected chi connectivity index (χ3v) is 5.19. The first kappa shape index (κ1) is 16.2. The van der Waals surface area contributed by atoms with Gasteiger partial charge < -0.3 is 9.73 Å². The molecule has 0 aliphatic heterocycles. The molecule has 1 aliphatic rings. The zero-order valence-corrected chi connectivity index (χ0v) is 14.7. The molecule has 0 saturated heterocycles. The maximum Gasteiger partial charge on any atom is 0.258 e. The lowest BCUT2D eigenvalue weighted by Gasteiger charge is -2.05. The number of aryl methyl sites for hydroxylation is 1. The maximum atomic E-state index is 13.8. The molecule has 8 heteroatoms. The molecule has 5 nitrogen and oxygen atoms in total. The van der Waals surface area contributed by atoms with E-state index >= 15 is 0 Å². The van der Waals surface area contributed by atoms with Crippen molar-refractivity contribution in [1.82, 2.24) is 10.2 Å². The molecule has 2 heterocycles. The summed E-state index contributed by atoms with van der Waals surface area (Å²) >= 11 is 7.27. The SMILES string of the molecule is Cc1sc(-c2nnc(C3CC3)o2)cc1NC(=O)c1cc(Cl)ccc1F. The Bertz CT molecular complexity index is 965. The second-order valence-corrected chi connectivity index (χ2v) is 7.57. The van der Waals surface area contributed by atoms with Crippen LogP contribution in [0.5, 0.6) is 0 Å². The van der Waals surface area contributed by atoms with Crippen LogP contribution in [0, 0.1) is 12.7 Å². The summed E-state index contributed by atoms with van der Waals surface area (Å²) in [5.74, 6) is 0.294. The number of benzene rings is 1. The van der Waals surface area contributed by atoms with Gasteiger partial charge in [-0.05, 0) is 44.0 Å². The van der Waals surface area contributed by atoms with Gasteiger partial charge in [0.1, 0.15) is 5.82 Å². The zero-order chi connectivity index (χ0) is 17.6. The fourth-order valence-corrected chi connectivity index (χ4v) is 3.47. The van der Waals surface area contributed by atoms with E-state index in [1.54, 1.807) is 6.07 Å². The van der Waals surface area contributed by atoms with Gasteiger partial charge in [-0.3, -0.25) is 4.79 Å². The lowest BCUT2D eigenvalue weighted by Crippen LogP contribution is -2.13. The van der Waals surface area contributed by atoms with Gasteiger partial charge in [0.25, 0.3) is 11.8 Å². The molecular formula is C17H13ClFN3O2S. The molecule has 1 aromatic carbocycles. The van der Waals surface area contributed by atoms with Crippen molar-refractivity contribution in [1.29, 1.82) is 0 Å². The van der Waals surface area contributed by atoms with Gasteiger partial charge >= 0.3 is 0 Å². The first-order valence-corrected chi connectivity index (χ1v) is 8.91. The van der Waals surface area contributed by atoms with Crippen LogP contribution in [-0.4, -0.2) is 16.1 Å². The van der Waals surface area contributed by atoms with Crippen molar-refractivity contribution in [3.63, 3.8) is 0 Å². The molecule has 4 rings (SSSR count). The normalized spacial score (nSPS) is 13.9. The number of nitrogens with one attached hydrogen (secondary N) is 1. The molecule has 3 aromatic rings. The standard InChI is InChI=1S/C17H13ClFN3O2S/c1-8-13(20-15(23)11-6-10(18)4-5-12(11)19)7-14(25-8)17-22-21-16(24-17)9-2-3-9/h4-7,9H,2-3H2,1H3,(H,20,23). The average Bonchev–Trinajstić information content (AvgIpc) is 3.20. The van der Waals surface area contributed by atoms with Gasteiger partial charge in [0, 0.05) is 15.8 Å². The Labute approximate surface area is 151 Å². The third-order valence-electron chi connectivity index (χ3n) is 3.92. The second kappa shape index (κ2) is 6.24. The highest BCUT2D eigenvalue weighted by Gasteiger charge is 2.30. The summed E-state index contributed by atoms with van der Waals surface area (Å²) < 4.78 is 19.5. The largest absolute Gasteiger partial charge is 0.420 e. The van der Waals surface area contributed by atoms with E-state index in [4.69, 9.17) is 16.0 Å². The highest BCUT2D eigenvalue weighted by atomic mass is 35.5. The fourth-order valence-electron chi connectivity index (χ4n) is 2.40. The van der Waals surface area contributed by atoms with Crippen molar-refractivity contribution < 1.29 is 13.6 Å². The summed E-state index contributed by atoms with van der Waals surface area (Å²) in [5.41, 5.74) is 0.476. The number of hydrogen-bond donors (Lipinski definition) is 1. The van der Waals surface area contributed by atoms with Crippen LogP contribution in [0.1, 0.15) is 39.9 Å². The Hall–Kier alpha value is -2.25. The van der Waals surface area contributed by atoms with E-state index in [1.807, 2.05) is 6.92 Å². The number of anilines is 1. The van der Waals surface area contributed by atoms with E-state index in [0.29, 0.717) is 28.4 Å². The minimum Gasteiger partial charge on any atom is -0.420 e. The van der Waals surface area contributed by atoms with Gasteiger partial charge in [-0.15, -0.1) is 21.5 Å². The average molecular weight is 378 g/mol. The summed E-state index contributed by atoms with van der Waals surface area (Å²) in [6.45, 7) is 1.86. The van der Waals surface area contributed by atoms with Gasteiger partial charge in [-0.25, -0.2) is 4.39 Å². The van der Waals surface area contributed by atoms with Crippen LogP contribution in [0.4, 0.5) is 10.1 Å². The molecule has 2 aromatic heterocycles. The van der Waals surface area contributed by atoms with Gasteiger partial charge in [-0.2, -0.15) is 0 Å². The van der Waals surface area contributed by atoms with E-state index in [0.717, 1.165) is 22.6 Å². The first-order chi connectivity index (χ1) is 12.0. The Morgan fingerprint density at radius 1 is 1.36 bits per heavy atom. The molecule has 1 saturated carbocycles. The summed E-state index contributed by atoms with van der Waals surface area (Å²) in [6, 6.07) is 5.62. The van der Waals surface area contributed by atoms with E-state index in [2.05, 4.69) is 15.5 Å². The fraction of sp³-hybridized carbons (Fsp3) is 0.235. The number of thiophene rings is 1.